The summed E-state index contributed by atoms with van der Waals surface area (Å²) in [6.07, 6.45) is 6.67. The molecule has 0 radical (unpaired) electrons. The molecular weight excluding hydrogens is 312 g/mol. The van der Waals surface area contributed by atoms with Gasteiger partial charge in [0.15, 0.2) is 5.66 Å². The van der Waals surface area contributed by atoms with E-state index in [1.165, 1.54) is 12.8 Å². The maximum atomic E-state index is 10.9. The molecule has 0 unspecified atom stereocenters. The first-order chi connectivity index (χ1) is 12.2. The number of hydrogen-bond donors (Lipinski definition) is 2. The molecule has 25 heavy (non-hydrogen) atoms. The number of hydrogen-bond acceptors (Lipinski definition) is 4. The van der Waals surface area contributed by atoms with E-state index in [-0.39, 0.29) is 17.2 Å². The number of nitrogens with zero attached hydrogens (tertiary/aromatic N) is 2. The molecule has 0 atom stereocenters. The molecule has 1 aliphatic heterocycles. The third-order valence-electron chi connectivity index (χ3n) is 5.64. The first kappa shape index (κ1) is 14.7. The number of phenols is 2. The van der Waals surface area contributed by atoms with Crippen molar-refractivity contribution in [1.82, 2.24) is 0 Å². The summed E-state index contributed by atoms with van der Waals surface area (Å²) in [5, 5.41) is 25.8. The summed E-state index contributed by atoms with van der Waals surface area (Å²) in [6, 6.07) is 11.2. The molecule has 1 saturated carbocycles. The summed E-state index contributed by atoms with van der Waals surface area (Å²) in [5.74, 6) is 0.382. The van der Waals surface area contributed by atoms with Crippen molar-refractivity contribution < 1.29 is 10.2 Å². The zero-order valence-corrected chi connectivity index (χ0v) is 14.0. The van der Waals surface area contributed by atoms with Gasteiger partial charge in [-0.2, -0.15) is 0 Å². The van der Waals surface area contributed by atoms with Crippen LogP contribution in [0.1, 0.15) is 38.5 Å². The molecule has 5 rings (SSSR count). The molecular formula is C21H20N2O2. The quantitative estimate of drug-likeness (QED) is 0.487. The zero-order chi connectivity index (χ0) is 17.0. The smallest absolute Gasteiger partial charge is 0.151 e. The summed E-state index contributed by atoms with van der Waals surface area (Å²) in [5.41, 5.74) is -0.374. The van der Waals surface area contributed by atoms with Crippen LogP contribution in [-0.4, -0.2) is 15.9 Å². The van der Waals surface area contributed by atoms with E-state index in [1.54, 1.807) is 0 Å². The predicted molar refractivity (Wildman–Crippen MR) is 97.5 cm³/mol. The largest absolute Gasteiger partial charge is 0.507 e. The second kappa shape index (κ2) is 5.19. The van der Waals surface area contributed by atoms with Gasteiger partial charge in [0.2, 0.25) is 0 Å². The molecule has 0 bridgehead atoms. The number of benzene rings is 3. The number of aromatic hydroxyl groups is 2. The second-order valence-corrected chi connectivity index (χ2v) is 7.22. The Morgan fingerprint density at radius 2 is 1.40 bits per heavy atom. The van der Waals surface area contributed by atoms with Gasteiger partial charge in [0.05, 0.1) is 16.1 Å². The van der Waals surface area contributed by atoms with Gasteiger partial charge in [-0.05, 0) is 37.8 Å². The van der Waals surface area contributed by atoms with Gasteiger partial charge < -0.3 is 10.2 Å². The van der Waals surface area contributed by atoms with E-state index in [2.05, 4.69) is 0 Å². The van der Waals surface area contributed by atoms with E-state index in [0.717, 1.165) is 36.4 Å². The van der Waals surface area contributed by atoms with Gasteiger partial charge in [-0.15, -0.1) is 0 Å². The summed E-state index contributed by atoms with van der Waals surface area (Å²) in [6.45, 7) is 0. The molecule has 2 aliphatic rings. The van der Waals surface area contributed by atoms with E-state index < -0.39 is 0 Å². The van der Waals surface area contributed by atoms with Gasteiger partial charge in [0, 0.05) is 16.2 Å². The van der Waals surface area contributed by atoms with Crippen molar-refractivity contribution in [3.8, 4) is 11.5 Å². The molecule has 1 fully saturated rings. The van der Waals surface area contributed by atoms with Crippen LogP contribution in [0.15, 0.2) is 46.4 Å². The van der Waals surface area contributed by atoms with Crippen molar-refractivity contribution in [3.63, 3.8) is 0 Å². The minimum Gasteiger partial charge on any atom is -0.507 e. The molecule has 0 amide bonds. The highest BCUT2D eigenvalue weighted by Crippen LogP contribution is 2.40. The van der Waals surface area contributed by atoms with Crippen molar-refractivity contribution in [3.05, 3.63) is 47.1 Å². The lowest BCUT2D eigenvalue weighted by Crippen LogP contribution is -2.22. The molecule has 4 heteroatoms. The second-order valence-electron chi connectivity index (χ2n) is 7.22. The summed E-state index contributed by atoms with van der Waals surface area (Å²) < 4.78 is 0. The summed E-state index contributed by atoms with van der Waals surface area (Å²) in [4.78, 5) is 9.95. The third-order valence-corrected chi connectivity index (χ3v) is 5.64. The van der Waals surface area contributed by atoms with E-state index in [0.29, 0.717) is 21.5 Å². The minimum atomic E-state index is -0.374. The molecule has 3 aromatic carbocycles. The van der Waals surface area contributed by atoms with Crippen molar-refractivity contribution in [1.29, 1.82) is 0 Å². The molecule has 1 heterocycles. The number of phenolic OH excluding ortho intramolecular Hbond substituents is 2. The van der Waals surface area contributed by atoms with Gasteiger partial charge in [0.1, 0.15) is 11.5 Å². The van der Waals surface area contributed by atoms with Crippen LogP contribution >= 0.6 is 0 Å². The number of fused-ring (bicyclic) bond motifs is 4. The van der Waals surface area contributed by atoms with Gasteiger partial charge in [-0.1, -0.05) is 37.1 Å². The standard InChI is InChI=1S/C21H20N2O2/c24-19-13-7-3-4-8-14(13)20(25)17-15(19)9-10-16-18(17)23-21(22-16)11-5-1-2-6-12-21/h3-4,7-10,24-25H,1-2,5-6,11-12H2. The lowest BCUT2D eigenvalue weighted by atomic mass is 10.00. The van der Waals surface area contributed by atoms with Crippen LogP contribution in [0.5, 0.6) is 11.5 Å². The molecule has 3 aromatic rings. The van der Waals surface area contributed by atoms with Gasteiger partial charge >= 0.3 is 0 Å². The monoisotopic (exact) mass is 332 g/mol. The molecule has 0 saturated heterocycles. The Hall–Kier alpha value is -2.62. The van der Waals surface area contributed by atoms with Gasteiger partial charge in [0.25, 0.3) is 0 Å². The predicted octanol–water partition coefficient (Wildman–Crippen LogP) is 3.71. The highest BCUT2D eigenvalue weighted by molar-refractivity contribution is 6.10. The van der Waals surface area contributed by atoms with Crippen LogP contribution in [0.2, 0.25) is 0 Å². The SMILES string of the molecule is Oc1c2ccccc2c(O)c2c3c(ccc12)=NC1(CCCCCC1)N=3. The fourth-order valence-electron chi connectivity index (χ4n) is 4.37. The molecule has 1 spiro atoms. The third kappa shape index (κ3) is 2.06. The average Bonchev–Trinajstić information content (AvgIpc) is 2.84. The van der Waals surface area contributed by atoms with E-state index in [1.807, 2.05) is 36.4 Å². The van der Waals surface area contributed by atoms with Crippen LogP contribution in [0.25, 0.3) is 21.5 Å². The normalized spacial score (nSPS) is 18.7. The zero-order valence-electron chi connectivity index (χ0n) is 14.0. The van der Waals surface area contributed by atoms with Crippen molar-refractivity contribution in [2.45, 2.75) is 44.2 Å². The lowest BCUT2D eigenvalue weighted by molar-refractivity contribution is 0.390. The lowest BCUT2D eigenvalue weighted by Gasteiger charge is -2.20. The fourth-order valence-corrected chi connectivity index (χ4v) is 4.37. The van der Waals surface area contributed by atoms with Gasteiger partial charge in [-0.25, -0.2) is 0 Å². The van der Waals surface area contributed by atoms with Crippen LogP contribution in [0, 0.1) is 0 Å². The number of rotatable bonds is 0. The Morgan fingerprint density at radius 1 is 0.720 bits per heavy atom. The van der Waals surface area contributed by atoms with Crippen LogP contribution < -0.4 is 10.7 Å². The molecule has 0 aromatic heterocycles. The Bertz CT molecular complexity index is 1130. The van der Waals surface area contributed by atoms with Crippen LogP contribution in [0.3, 0.4) is 0 Å². The molecule has 2 N–H and O–H groups in total. The van der Waals surface area contributed by atoms with Crippen molar-refractivity contribution >= 4 is 21.5 Å². The Balaban J connectivity index is 1.89. The summed E-state index contributed by atoms with van der Waals surface area (Å²) >= 11 is 0. The fraction of sp³-hybridized carbons (Fsp3) is 0.333. The first-order valence-electron chi connectivity index (χ1n) is 9.04. The highest BCUT2D eigenvalue weighted by atomic mass is 16.3. The molecule has 126 valence electrons. The Kier molecular flexibility index (Phi) is 3.05. The van der Waals surface area contributed by atoms with E-state index in [9.17, 15) is 10.2 Å². The average molecular weight is 332 g/mol. The topological polar surface area (TPSA) is 65.2 Å². The summed E-state index contributed by atoms with van der Waals surface area (Å²) in [7, 11) is 0. The minimum absolute atomic E-state index is 0.185. The van der Waals surface area contributed by atoms with Crippen molar-refractivity contribution in [2.24, 2.45) is 9.98 Å². The van der Waals surface area contributed by atoms with Crippen LogP contribution in [0.4, 0.5) is 0 Å². The van der Waals surface area contributed by atoms with Crippen LogP contribution in [-0.2, 0) is 0 Å². The Morgan fingerprint density at radius 3 is 2.12 bits per heavy atom. The van der Waals surface area contributed by atoms with E-state index >= 15 is 0 Å². The maximum Gasteiger partial charge on any atom is 0.151 e. The van der Waals surface area contributed by atoms with Crippen molar-refractivity contribution in [2.75, 3.05) is 0 Å². The molecule has 1 aliphatic carbocycles. The molecule has 4 nitrogen and oxygen atoms in total. The Labute approximate surface area is 145 Å². The van der Waals surface area contributed by atoms with Gasteiger partial charge in [-0.3, -0.25) is 9.98 Å². The maximum absolute atomic E-state index is 10.9. The first-order valence-corrected chi connectivity index (χ1v) is 9.04. The van der Waals surface area contributed by atoms with E-state index in [4.69, 9.17) is 9.98 Å². The highest BCUT2D eigenvalue weighted by Gasteiger charge is 2.32.